The minimum absolute atomic E-state index is 0.0983. The Kier molecular flexibility index (Phi) is 4.04. The Morgan fingerprint density at radius 3 is 2.43 bits per heavy atom. The van der Waals surface area contributed by atoms with E-state index in [1.807, 2.05) is 22.6 Å². The van der Waals surface area contributed by atoms with Gasteiger partial charge in [-0.15, -0.1) is 0 Å². The summed E-state index contributed by atoms with van der Waals surface area (Å²) in [4.78, 5) is 13.2. The molecule has 0 aliphatic heterocycles. The maximum Gasteiger partial charge on any atom is 0.254 e. The quantitative estimate of drug-likeness (QED) is 0.566. The molecule has 0 saturated heterocycles. The Hall–Kier alpha value is -0.000000000000000111. The Morgan fingerprint density at radius 1 is 1.36 bits per heavy atom. The molecule has 0 bridgehead atoms. The predicted octanol–water partition coefficient (Wildman–Crippen LogP) is 3.30. The van der Waals surface area contributed by atoms with E-state index in [4.69, 9.17) is 23.2 Å². The van der Waals surface area contributed by atoms with E-state index >= 15 is 0 Å². The molecule has 0 spiro atoms. The molecule has 14 heavy (non-hydrogen) atoms. The van der Waals surface area contributed by atoms with Gasteiger partial charge in [0.2, 0.25) is 0 Å². The van der Waals surface area contributed by atoms with Crippen molar-refractivity contribution in [1.29, 1.82) is 0 Å². The lowest BCUT2D eigenvalue weighted by atomic mass is 10.2. The maximum absolute atomic E-state index is 11.7. The minimum Gasteiger partial charge on any atom is -0.345 e. The highest BCUT2D eigenvalue weighted by molar-refractivity contribution is 14.1. The minimum atomic E-state index is -0.0983. The zero-order chi connectivity index (χ0) is 10.9. The zero-order valence-electron chi connectivity index (χ0n) is 7.64. The van der Waals surface area contributed by atoms with E-state index in [0.29, 0.717) is 15.6 Å². The number of amides is 1. The van der Waals surface area contributed by atoms with Crippen LogP contribution in [0, 0.1) is 3.57 Å². The van der Waals surface area contributed by atoms with Crippen LogP contribution in [0.1, 0.15) is 10.4 Å². The van der Waals surface area contributed by atoms with Crippen LogP contribution in [-0.4, -0.2) is 24.9 Å². The molecule has 0 aliphatic rings. The second-order valence-electron chi connectivity index (χ2n) is 2.95. The fourth-order valence-corrected chi connectivity index (χ4v) is 1.99. The SMILES string of the molecule is CN(C)C(=O)c1cc(Cl)cc(Cl)c1I. The number of nitrogens with zero attached hydrogens (tertiary/aromatic N) is 1. The molecule has 0 saturated carbocycles. The lowest BCUT2D eigenvalue weighted by molar-refractivity contribution is 0.0826. The van der Waals surface area contributed by atoms with Crippen molar-refractivity contribution in [3.8, 4) is 0 Å². The number of hydrogen-bond donors (Lipinski definition) is 0. The molecule has 0 aliphatic carbocycles. The molecule has 0 N–H and O–H groups in total. The van der Waals surface area contributed by atoms with Gasteiger partial charge in [-0.25, -0.2) is 0 Å². The van der Waals surface area contributed by atoms with Crippen molar-refractivity contribution in [2.45, 2.75) is 0 Å². The highest BCUT2D eigenvalue weighted by Gasteiger charge is 2.15. The molecule has 0 heterocycles. The average molecular weight is 344 g/mol. The zero-order valence-corrected chi connectivity index (χ0v) is 11.3. The molecule has 1 rings (SSSR count). The summed E-state index contributed by atoms with van der Waals surface area (Å²) in [6.45, 7) is 0. The first-order valence-corrected chi connectivity index (χ1v) is 5.63. The van der Waals surface area contributed by atoms with E-state index in [9.17, 15) is 4.79 Å². The molecule has 0 fully saturated rings. The first-order chi connectivity index (χ1) is 6.43. The number of hydrogen-bond acceptors (Lipinski definition) is 1. The van der Waals surface area contributed by atoms with Gasteiger partial charge in [0.25, 0.3) is 5.91 Å². The number of carbonyl (C=O) groups is 1. The number of benzene rings is 1. The topological polar surface area (TPSA) is 20.3 Å². The van der Waals surface area contributed by atoms with Gasteiger partial charge >= 0.3 is 0 Å². The summed E-state index contributed by atoms with van der Waals surface area (Å²) in [5.74, 6) is -0.0983. The normalized spacial score (nSPS) is 10.1. The molecule has 0 aromatic heterocycles. The van der Waals surface area contributed by atoms with Gasteiger partial charge in [-0.2, -0.15) is 0 Å². The third-order valence-electron chi connectivity index (χ3n) is 1.63. The Morgan fingerprint density at radius 2 is 1.93 bits per heavy atom. The van der Waals surface area contributed by atoms with Crippen LogP contribution in [0.25, 0.3) is 0 Å². The third kappa shape index (κ3) is 2.52. The molecule has 76 valence electrons. The van der Waals surface area contributed by atoms with E-state index in [1.165, 1.54) is 4.90 Å². The van der Waals surface area contributed by atoms with Crippen LogP contribution in [-0.2, 0) is 0 Å². The lowest BCUT2D eigenvalue weighted by Gasteiger charge is -2.12. The van der Waals surface area contributed by atoms with Gasteiger partial charge in [0.1, 0.15) is 0 Å². The van der Waals surface area contributed by atoms with Crippen LogP contribution >= 0.6 is 45.8 Å². The van der Waals surface area contributed by atoms with Gasteiger partial charge in [-0.05, 0) is 34.7 Å². The Balaban J connectivity index is 3.27. The number of carbonyl (C=O) groups excluding carboxylic acids is 1. The highest BCUT2D eigenvalue weighted by atomic mass is 127. The van der Waals surface area contributed by atoms with Crippen molar-refractivity contribution < 1.29 is 4.79 Å². The molecule has 2 nitrogen and oxygen atoms in total. The Labute approximate surface area is 106 Å². The second kappa shape index (κ2) is 4.68. The van der Waals surface area contributed by atoms with Crippen molar-refractivity contribution >= 4 is 51.7 Å². The molecular formula is C9H8Cl2INO. The van der Waals surface area contributed by atoms with E-state index in [2.05, 4.69) is 0 Å². The maximum atomic E-state index is 11.7. The van der Waals surface area contributed by atoms with Crippen molar-refractivity contribution in [1.82, 2.24) is 4.90 Å². The van der Waals surface area contributed by atoms with Crippen molar-refractivity contribution in [3.05, 3.63) is 31.3 Å². The van der Waals surface area contributed by atoms with Gasteiger partial charge in [-0.3, -0.25) is 4.79 Å². The van der Waals surface area contributed by atoms with Crippen LogP contribution in [0.2, 0.25) is 10.0 Å². The van der Waals surface area contributed by atoms with Crippen molar-refractivity contribution in [2.75, 3.05) is 14.1 Å². The summed E-state index contributed by atoms with van der Waals surface area (Å²) in [6, 6.07) is 3.24. The van der Waals surface area contributed by atoms with Gasteiger partial charge in [0.05, 0.1) is 10.6 Å². The average Bonchev–Trinajstić information content (AvgIpc) is 2.09. The summed E-state index contributed by atoms with van der Waals surface area (Å²) in [6.07, 6.45) is 0. The van der Waals surface area contributed by atoms with Crippen LogP contribution in [0.4, 0.5) is 0 Å². The van der Waals surface area contributed by atoms with E-state index in [1.54, 1.807) is 26.2 Å². The fraction of sp³-hybridized carbons (Fsp3) is 0.222. The van der Waals surface area contributed by atoms with Crippen molar-refractivity contribution in [2.24, 2.45) is 0 Å². The van der Waals surface area contributed by atoms with Crippen LogP contribution in [0.5, 0.6) is 0 Å². The summed E-state index contributed by atoms with van der Waals surface area (Å²) in [7, 11) is 3.38. The summed E-state index contributed by atoms with van der Waals surface area (Å²) >= 11 is 13.7. The largest absolute Gasteiger partial charge is 0.345 e. The summed E-state index contributed by atoms with van der Waals surface area (Å²) < 4.78 is 0.729. The van der Waals surface area contributed by atoms with Gasteiger partial charge in [0.15, 0.2) is 0 Å². The smallest absolute Gasteiger partial charge is 0.254 e. The van der Waals surface area contributed by atoms with Crippen LogP contribution < -0.4 is 0 Å². The number of halogens is 3. The first-order valence-electron chi connectivity index (χ1n) is 3.79. The Bertz CT molecular complexity index is 379. The van der Waals surface area contributed by atoms with Gasteiger partial charge in [-0.1, -0.05) is 23.2 Å². The second-order valence-corrected chi connectivity index (χ2v) is 4.87. The first kappa shape index (κ1) is 12.1. The molecule has 5 heteroatoms. The monoisotopic (exact) mass is 343 g/mol. The standard InChI is InChI=1S/C9H8Cl2INO/c1-13(2)9(14)6-3-5(10)4-7(11)8(6)12/h3-4H,1-2H3. The predicted molar refractivity (Wildman–Crippen MR) is 67.2 cm³/mol. The van der Waals surface area contributed by atoms with E-state index in [-0.39, 0.29) is 5.91 Å². The van der Waals surface area contributed by atoms with Gasteiger partial charge in [0, 0.05) is 22.7 Å². The molecule has 0 atom stereocenters. The highest BCUT2D eigenvalue weighted by Crippen LogP contribution is 2.27. The number of rotatable bonds is 1. The van der Waals surface area contributed by atoms with Gasteiger partial charge < -0.3 is 4.90 Å². The van der Waals surface area contributed by atoms with Crippen LogP contribution in [0.3, 0.4) is 0 Å². The summed E-state index contributed by atoms with van der Waals surface area (Å²) in [5, 5.41) is 0.976. The van der Waals surface area contributed by atoms with Crippen LogP contribution in [0.15, 0.2) is 12.1 Å². The third-order valence-corrected chi connectivity index (χ3v) is 3.63. The summed E-state index contributed by atoms with van der Waals surface area (Å²) in [5.41, 5.74) is 0.535. The lowest BCUT2D eigenvalue weighted by Crippen LogP contribution is -2.22. The fourth-order valence-electron chi connectivity index (χ4n) is 0.953. The van der Waals surface area contributed by atoms with E-state index in [0.717, 1.165) is 3.57 Å². The molecule has 1 amide bonds. The molecule has 0 radical (unpaired) electrons. The molecule has 1 aromatic carbocycles. The molecule has 1 aromatic rings. The van der Waals surface area contributed by atoms with E-state index < -0.39 is 0 Å². The molecule has 0 unspecified atom stereocenters. The van der Waals surface area contributed by atoms with Crippen molar-refractivity contribution in [3.63, 3.8) is 0 Å². The molecular weight excluding hydrogens is 336 g/mol.